The molecule has 42 heavy (non-hydrogen) atoms. The van der Waals surface area contributed by atoms with Gasteiger partial charge in [0.25, 0.3) is 11.5 Å². The summed E-state index contributed by atoms with van der Waals surface area (Å²) in [4.78, 5) is 42.1. The molecule has 9 nitrogen and oxygen atoms in total. The summed E-state index contributed by atoms with van der Waals surface area (Å²) in [6, 6.07) is 16.7. The molecule has 2 N–H and O–H groups in total. The lowest BCUT2D eigenvalue weighted by molar-refractivity contribution is -0.135. The van der Waals surface area contributed by atoms with Gasteiger partial charge < -0.3 is 20.4 Å². The summed E-state index contributed by atoms with van der Waals surface area (Å²) < 4.78 is 38.9. The normalized spacial score (nSPS) is 14.1. The summed E-state index contributed by atoms with van der Waals surface area (Å²) >= 11 is 0.814. The second kappa shape index (κ2) is 12.9. The molecule has 0 atom stereocenters. The van der Waals surface area contributed by atoms with Crippen LogP contribution < -0.4 is 35.2 Å². The molecule has 1 aliphatic heterocycles. The number of amides is 2. The molecule has 2 heterocycles. The number of anilines is 3. The SMILES string of the molecule is CCn1c(=O)/c(=C\Nc2cccc(N(C)C(=O)CN3CCCc4ccccc43)c2)s/c1=C(/C#N)C(=O)NCC(F)(F)F. The van der Waals surface area contributed by atoms with Crippen LogP contribution in [0.3, 0.4) is 0 Å². The van der Waals surface area contributed by atoms with Crippen molar-refractivity contribution in [1.29, 1.82) is 5.26 Å². The van der Waals surface area contributed by atoms with Crippen LogP contribution >= 0.6 is 11.3 Å². The van der Waals surface area contributed by atoms with Crippen LogP contribution in [-0.4, -0.2) is 49.2 Å². The van der Waals surface area contributed by atoms with E-state index in [1.54, 1.807) is 54.5 Å². The first-order chi connectivity index (χ1) is 20.0. The topological polar surface area (TPSA) is 110 Å². The number of nitriles is 1. The van der Waals surface area contributed by atoms with Crippen molar-refractivity contribution in [2.24, 2.45) is 0 Å². The van der Waals surface area contributed by atoms with Crippen LogP contribution in [0.25, 0.3) is 11.8 Å². The van der Waals surface area contributed by atoms with Gasteiger partial charge in [-0.3, -0.25) is 19.0 Å². The maximum absolute atomic E-state index is 13.2. The molecule has 0 radical (unpaired) electrons. The Hall–Kier alpha value is -4.57. The molecule has 2 amide bonds. The van der Waals surface area contributed by atoms with Crippen molar-refractivity contribution in [3.8, 4) is 6.07 Å². The van der Waals surface area contributed by atoms with Gasteiger partial charge >= 0.3 is 6.18 Å². The molecule has 0 unspecified atom stereocenters. The quantitative estimate of drug-likeness (QED) is 0.413. The van der Waals surface area contributed by atoms with Crippen LogP contribution in [0, 0.1) is 11.3 Å². The molecule has 13 heteroatoms. The standard InChI is InChI=1S/C29H29F3N6O3S/c1-3-38-27(41)24(42-28(38)22(15-33)26(40)35-18-29(30,31)32)16-34-20-10-6-11-21(14-20)36(2)25(39)17-37-13-7-9-19-8-4-5-12-23(19)37/h4-6,8,10-12,14,16,34H,3,7,9,13,17-18H2,1-2H3,(H,35,40)/b24-16+,28-22-. The van der Waals surface area contributed by atoms with E-state index in [0.29, 0.717) is 11.4 Å². The summed E-state index contributed by atoms with van der Waals surface area (Å²) in [5, 5.41) is 14.2. The average molecular weight is 599 g/mol. The number of alkyl halides is 3. The van der Waals surface area contributed by atoms with Crippen molar-refractivity contribution in [3.05, 3.63) is 73.6 Å². The molecule has 0 fully saturated rings. The average Bonchev–Trinajstić information content (AvgIpc) is 3.29. The number of carbonyl (C=O) groups excluding carboxylic acids is 2. The van der Waals surface area contributed by atoms with E-state index in [1.807, 2.05) is 18.2 Å². The van der Waals surface area contributed by atoms with Gasteiger partial charge in [0, 0.05) is 43.4 Å². The number of hydrogen-bond donors (Lipinski definition) is 2. The molecule has 220 valence electrons. The minimum absolute atomic E-state index is 0.0453. The Morgan fingerprint density at radius 1 is 1.19 bits per heavy atom. The van der Waals surface area contributed by atoms with E-state index in [4.69, 9.17) is 0 Å². The monoisotopic (exact) mass is 598 g/mol. The van der Waals surface area contributed by atoms with Gasteiger partial charge in [0.15, 0.2) is 5.57 Å². The Labute approximate surface area is 243 Å². The number of benzene rings is 2. The van der Waals surface area contributed by atoms with E-state index in [1.165, 1.54) is 11.8 Å². The molecule has 1 aromatic heterocycles. The first kappa shape index (κ1) is 30.4. The van der Waals surface area contributed by atoms with E-state index in [0.717, 1.165) is 41.0 Å². The molecule has 0 saturated heterocycles. The number of hydrogen-bond acceptors (Lipinski definition) is 7. The summed E-state index contributed by atoms with van der Waals surface area (Å²) in [7, 11) is 1.69. The van der Waals surface area contributed by atoms with E-state index >= 15 is 0 Å². The predicted octanol–water partition coefficient (Wildman–Crippen LogP) is 2.55. The third-order valence-electron chi connectivity index (χ3n) is 6.74. The highest BCUT2D eigenvalue weighted by Gasteiger charge is 2.29. The van der Waals surface area contributed by atoms with Gasteiger partial charge in [-0.05, 0) is 49.6 Å². The Morgan fingerprint density at radius 2 is 1.95 bits per heavy atom. The number of fused-ring (bicyclic) bond motifs is 1. The van der Waals surface area contributed by atoms with Crippen molar-refractivity contribution in [1.82, 2.24) is 9.88 Å². The van der Waals surface area contributed by atoms with Crippen LogP contribution in [0.1, 0.15) is 18.9 Å². The Bertz CT molecular complexity index is 1710. The number of rotatable bonds is 8. The number of aromatic nitrogens is 1. The van der Waals surface area contributed by atoms with Gasteiger partial charge in [-0.2, -0.15) is 18.4 Å². The molecule has 2 aromatic carbocycles. The Balaban J connectivity index is 1.54. The third-order valence-corrected chi connectivity index (χ3v) is 7.87. The predicted molar refractivity (Wildman–Crippen MR) is 157 cm³/mol. The number of nitrogens with one attached hydrogen (secondary N) is 2. The Kier molecular flexibility index (Phi) is 9.37. The number of para-hydroxylation sites is 1. The van der Waals surface area contributed by atoms with Gasteiger partial charge in [0.2, 0.25) is 5.91 Å². The number of likely N-dealkylation sites (N-methyl/N-ethyl adjacent to an activating group) is 1. The van der Waals surface area contributed by atoms with Gasteiger partial charge in [-0.1, -0.05) is 24.3 Å². The smallest absolute Gasteiger partial charge is 0.362 e. The highest BCUT2D eigenvalue weighted by molar-refractivity contribution is 7.07. The molecule has 0 saturated carbocycles. The second-order valence-electron chi connectivity index (χ2n) is 9.55. The van der Waals surface area contributed by atoms with Crippen LogP contribution in [0.2, 0.25) is 0 Å². The molecule has 0 spiro atoms. The Morgan fingerprint density at radius 3 is 2.67 bits per heavy atom. The van der Waals surface area contributed by atoms with Crippen LogP contribution in [0.4, 0.5) is 30.2 Å². The highest BCUT2D eigenvalue weighted by atomic mass is 32.1. The fraction of sp³-hybridized carbons (Fsp3) is 0.310. The van der Waals surface area contributed by atoms with Crippen LogP contribution in [0.5, 0.6) is 0 Å². The number of halogens is 3. The van der Waals surface area contributed by atoms with Crippen molar-refractivity contribution < 1.29 is 22.8 Å². The zero-order valence-electron chi connectivity index (χ0n) is 23.0. The molecule has 3 aromatic rings. The number of aryl methyl sites for hydroxylation is 1. The van der Waals surface area contributed by atoms with Crippen molar-refractivity contribution >= 4 is 52.0 Å². The summed E-state index contributed by atoms with van der Waals surface area (Å²) in [5.41, 5.74) is 2.40. The van der Waals surface area contributed by atoms with Gasteiger partial charge in [0.1, 0.15) is 21.8 Å². The van der Waals surface area contributed by atoms with Gasteiger partial charge in [-0.15, -0.1) is 11.3 Å². The molecule has 1 aliphatic rings. The van der Waals surface area contributed by atoms with Crippen LogP contribution in [-0.2, 0) is 22.6 Å². The fourth-order valence-electron chi connectivity index (χ4n) is 4.60. The van der Waals surface area contributed by atoms with E-state index in [-0.39, 0.29) is 28.2 Å². The second-order valence-corrected chi connectivity index (χ2v) is 10.6. The van der Waals surface area contributed by atoms with Crippen molar-refractivity contribution in [2.45, 2.75) is 32.5 Å². The number of thiazole rings is 1. The molecular weight excluding hydrogens is 569 g/mol. The zero-order valence-corrected chi connectivity index (χ0v) is 23.8. The molecular formula is C29H29F3N6O3S. The molecule has 0 aliphatic carbocycles. The van der Waals surface area contributed by atoms with Crippen molar-refractivity contribution in [2.75, 3.05) is 41.8 Å². The summed E-state index contributed by atoms with van der Waals surface area (Å²) in [5.74, 6) is -1.31. The third kappa shape index (κ3) is 7.01. The summed E-state index contributed by atoms with van der Waals surface area (Å²) in [6.07, 6.45) is -1.29. The first-order valence-electron chi connectivity index (χ1n) is 13.2. The van der Waals surface area contributed by atoms with Crippen LogP contribution in [0.15, 0.2) is 53.3 Å². The van der Waals surface area contributed by atoms with Gasteiger partial charge in [-0.25, -0.2) is 0 Å². The van der Waals surface area contributed by atoms with Crippen molar-refractivity contribution in [3.63, 3.8) is 0 Å². The minimum Gasteiger partial charge on any atom is -0.362 e. The molecule has 0 bridgehead atoms. The van der Waals surface area contributed by atoms with E-state index < -0.39 is 29.8 Å². The fourth-order valence-corrected chi connectivity index (χ4v) is 5.69. The van der Waals surface area contributed by atoms with E-state index in [9.17, 15) is 32.8 Å². The van der Waals surface area contributed by atoms with E-state index in [2.05, 4.69) is 16.3 Å². The zero-order chi connectivity index (χ0) is 30.4. The maximum atomic E-state index is 13.2. The number of carbonyl (C=O) groups is 2. The lowest BCUT2D eigenvalue weighted by Gasteiger charge is -2.32. The molecule has 4 rings (SSSR count). The highest BCUT2D eigenvalue weighted by Crippen LogP contribution is 2.27. The lowest BCUT2D eigenvalue weighted by Crippen LogP contribution is -2.40. The lowest BCUT2D eigenvalue weighted by atomic mass is 10.0. The first-order valence-corrected chi connectivity index (χ1v) is 14.0. The summed E-state index contributed by atoms with van der Waals surface area (Å²) in [6.45, 7) is 1.13. The largest absolute Gasteiger partial charge is 0.405 e. The maximum Gasteiger partial charge on any atom is 0.405 e. The number of nitrogens with zero attached hydrogens (tertiary/aromatic N) is 4. The minimum atomic E-state index is -4.65. The van der Waals surface area contributed by atoms with Gasteiger partial charge in [0.05, 0.1) is 6.54 Å².